The highest BCUT2D eigenvalue weighted by molar-refractivity contribution is 5.07. The van der Waals surface area contributed by atoms with E-state index in [0.717, 1.165) is 26.2 Å². The van der Waals surface area contributed by atoms with Gasteiger partial charge in [0.1, 0.15) is 0 Å². The van der Waals surface area contributed by atoms with E-state index in [2.05, 4.69) is 13.5 Å². The molecule has 1 unspecified atom stereocenters. The molecule has 1 rings (SSSR count). The molecule has 0 aromatic heterocycles. The van der Waals surface area contributed by atoms with Crippen molar-refractivity contribution in [3.8, 4) is 0 Å². The predicted octanol–water partition coefficient (Wildman–Crippen LogP) is 3.03. The predicted molar refractivity (Wildman–Crippen MR) is 63.0 cm³/mol. The van der Waals surface area contributed by atoms with Gasteiger partial charge in [-0.05, 0) is 12.8 Å². The Bertz CT molecular complexity index is 183. The molecule has 0 bridgehead atoms. The molecular weight excluding hydrogens is 188 g/mol. The first-order valence-electron chi connectivity index (χ1n) is 6.05. The standard InChI is InChI=1S/C13H24O2/c1-4-5-6-12(9-14-3)11(2)13-7-8-15-10-13/h12-13H,2,4-10H2,1,3H3/t12-,13?/m0/s1. The molecule has 1 aliphatic rings. The number of unbranched alkanes of at least 4 members (excludes halogenated alkanes) is 1. The van der Waals surface area contributed by atoms with E-state index in [4.69, 9.17) is 9.47 Å². The van der Waals surface area contributed by atoms with Crippen LogP contribution in [0.15, 0.2) is 12.2 Å². The lowest BCUT2D eigenvalue weighted by Crippen LogP contribution is -2.17. The highest BCUT2D eigenvalue weighted by Gasteiger charge is 2.24. The third kappa shape index (κ3) is 3.96. The number of rotatable bonds is 7. The van der Waals surface area contributed by atoms with Crippen molar-refractivity contribution in [3.63, 3.8) is 0 Å². The van der Waals surface area contributed by atoms with E-state index in [9.17, 15) is 0 Å². The van der Waals surface area contributed by atoms with Gasteiger partial charge in [-0.15, -0.1) is 0 Å². The van der Waals surface area contributed by atoms with Crippen LogP contribution in [0, 0.1) is 11.8 Å². The zero-order valence-corrected chi connectivity index (χ0v) is 10.1. The summed E-state index contributed by atoms with van der Waals surface area (Å²) in [5.41, 5.74) is 1.35. The molecule has 1 fully saturated rings. The van der Waals surface area contributed by atoms with Gasteiger partial charge in [-0.2, -0.15) is 0 Å². The van der Waals surface area contributed by atoms with Gasteiger partial charge in [-0.25, -0.2) is 0 Å². The van der Waals surface area contributed by atoms with E-state index in [-0.39, 0.29) is 0 Å². The fourth-order valence-electron chi connectivity index (χ4n) is 2.19. The first-order chi connectivity index (χ1) is 7.29. The summed E-state index contributed by atoms with van der Waals surface area (Å²) < 4.78 is 10.7. The first kappa shape index (κ1) is 12.7. The normalized spacial score (nSPS) is 22.9. The molecule has 0 amide bonds. The van der Waals surface area contributed by atoms with Crippen molar-refractivity contribution in [1.82, 2.24) is 0 Å². The van der Waals surface area contributed by atoms with Gasteiger partial charge in [0.25, 0.3) is 0 Å². The second kappa shape index (κ2) is 7.02. The van der Waals surface area contributed by atoms with Crippen LogP contribution in [0.3, 0.4) is 0 Å². The van der Waals surface area contributed by atoms with Crippen LogP contribution in [-0.4, -0.2) is 26.9 Å². The van der Waals surface area contributed by atoms with Crippen molar-refractivity contribution in [1.29, 1.82) is 0 Å². The summed E-state index contributed by atoms with van der Waals surface area (Å²) in [5, 5.41) is 0. The summed E-state index contributed by atoms with van der Waals surface area (Å²) in [6, 6.07) is 0. The molecule has 88 valence electrons. The maximum atomic E-state index is 5.41. The molecule has 1 saturated heterocycles. The summed E-state index contributed by atoms with van der Waals surface area (Å²) >= 11 is 0. The van der Waals surface area contributed by atoms with Gasteiger partial charge in [-0.1, -0.05) is 31.9 Å². The van der Waals surface area contributed by atoms with Crippen molar-refractivity contribution >= 4 is 0 Å². The Morgan fingerprint density at radius 1 is 1.60 bits per heavy atom. The average molecular weight is 212 g/mol. The Labute approximate surface area is 93.7 Å². The Kier molecular flexibility index (Phi) is 5.96. The zero-order chi connectivity index (χ0) is 11.1. The first-order valence-corrected chi connectivity index (χ1v) is 6.05. The van der Waals surface area contributed by atoms with Crippen LogP contribution in [0.2, 0.25) is 0 Å². The molecule has 2 atom stereocenters. The molecule has 0 aliphatic carbocycles. The second-order valence-electron chi connectivity index (χ2n) is 4.43. The number of hydrogen-bond acceptors (Lipinski definition) is 2. The number of hydrogen-bond donors (Lipinski definition) is 0. The average Bonchev–Trinajstić information content (AvgIpc) is 2.76. The van der Waals surface area contributed by atoms with E-state index >= 15 is 0 Å². The molecule has 2 nitrogen and oxygen atoms in total. The largest absolute Gasteiger partial charge is 0.384 e. The van der Waals surface area contributed by atoms with Crippen molar-refractivity contribution in [3.05, 3.63) is 12.2 Å². The van der Waals surface area contributed by atoms with Gasteiger partial charge in [-0.3, -0.25) is 0 Å². The van der Waals surface area contributed by atoms with Crippen LogP contribution < -0.4 is 0 Å². The highest BCUT2D eigenvalue weighted by Crippen LogP contribution is 2.29. The molecule has 0 saturated carbocycles. The van der Waals surface area contributed by atoms with E-state index in [1.807, 2.05) is 0 Å². The van der Waals surface area contributed by atoms with Crippen LogP contribution in [0.4, 0.5) is 0 Å². The van der Waals surface area contributed by atoms with Gasteiger partial charge in [0, 0.05) is 25.6 Å². The van der Waals surface area contributed by atoms with E-state index < -0.39 is 0 Å². The zero-order valence-electron chi connectivity index (χ0n) is 10.1. The topological polar surface area (TPSA) is 18.5 Å². The SMILES string of the molecule is C=C(C1CCOC1)[C@@H](CCCC)COC. The van der Waals surface area contributed by atoms with E-state index in [0.29, 0.717) is 11.8 Å². The Hall–Kier alpha value is -0.340. The molecule has 0 radical (unpaired) electrons. The van der Waals surface area contributed by atoms with Crippen LogP contribution >= 0.6 is 0 Å². The second-order valence-corrected chi connectivity index (χ2v) is 4.43. The van der Waals surface area contributed by atoms with Gasteiger partial charge in [0.05, 0.1) is 13.2 Å². The molecule has 0 spiro atoms. The molecular formula is C13H24O2. The summed E-state index contributed by atoms with van der Waals surface area (Å²) in [5.74, 6) is 1.10. The van der Waals surface area contributed by atoms with Crippen molar-refractivity contribution in [2.75, 3.05) is 26.9 Å². The monoisotopic (exact) mass is 212 g/mol. The molecule has 0 N–H and O–H groups in total. The lowest BCUT2D eigenvalue weighted by atomic mass is 9.86. The molecule has 1 aliphatic heterocycles. The molecule has 0 aromatic rings. The maximum absolute atomic E-state index is 5.41. The minimum absolute atomic E-state index is 0.529. The van der Waals surface area contributed by atoms with Gasteiger partial charge >= 0.3 is 0 Å². The van der Waals surface area contributed by atoms with Crippen LogP contribution in [0.25, 0.3) is 0 Å². The van der Waals surface area contributed by atoms with Crippen LogP contribution in [-0.2, 0) is 9.47 Å². The van der Waals surface area contributed by atoms with Crippen LogP contribution in [0.1, 0.15) is 32.6 Å². The third-order valence-corrected chi connectivity index (χ3v) is 3.25. The quantitative estimate of drug-likeness (QED) is 0.604. The van der Waals surface area contributed by atoms with Gasteiger partial charge in [0.15, 0.2) is 0 Å². The summed E-state index contributed by atoms with van der Waals surface area (Å²) in [6.45, 7) is 9.06. The number of ether oxygens (including phenoxy) is 2. The van der Waals surface area contributed by atoms with E-state index in [1.165, 1.54) is 24.8 Å². The highest BCUT2D eigenvalue weighted by atomic mass is 16.5. The molecule has 15 heavy (non-hydrogen) atoms. The van der Waals surface area contributed by atoms with Crippen molar-refractivity contribution in [2.45, 2.75) is 32.6 Å². The third-order valence-electron chi connectivity index (χ3n) is 3.25. The maximum Gasteiger partial charge on any atom is 0.0532 e. The fourth-order valence-corrected chi connectivity index (χ4v) is 2.19. The van der Waals surface area contributed by atoms with Crippen molar-refractivity contribution < 1.29 is 9.47 Å². The lowest BCUT2D eigenvalue weighted by molar-refractivity contribution is 0.151. The Morgan fingerprint density at radius 2 is 2.40 bits per heavy atom. The summed E-state index contributed by atoms with van der Waals surface area (Å²) in [4.78, 5) is 0. The molecule has 0 aromatic carbocycles. The van der Waals surface area contributed by atoms with Gasteiger partial charge < -0.3 is 9.47 Å². The summed E-state index contributed by atoms with van der Waals surface area (Å²) in [7, 11) is 1.78. The minimum atomic E-state index is 0.529. The lowest BCUT2D eigenvalue weighted by Gasteiger charge is -2.22. The smallest absolute Gasteiger partial charge is 0.0532 e. The summed E-state index contributed by atoms with van der Waals surface area (Å²) in [6.07, 6.45) is 4.86. The van der Waals surface area contributed by atoms with E-state index in [1.54, 1.807) is 7.11 Å². The molecule has 1 heterocycles. The Morgan fingerprint density at radius 3 is 2.93 bits per heavy atom. The fraction of sp³-hybridized carbons (Fsp3) is 0.846. The van der Waals surface area contributed by atoms with Crippen molar-refractivity contribution in [2.24, 2.45) is 11.8 Å². The Balaban J connectivity index is 2.41. The van der Waals surface area contributed by atoms with Gasteiger partial charge in [0.2, 0.25) is 0 Å². The van der Waals surface area contributed by atoms with Crippen LogP contribution in [0.5, 0.6) is 0 Å². The molecule has 2 heteroatoms. The minimum Gasteiger partial charge on any atom is -0.384 e. The number of methoxy groups -OCH3 is 1.